The maximum absolute atomic E-state index is 13.3. The van der Waals surface area contributed by atoms with Crippen LogP contribution in [0.4, 0.5) is 9.52 Å². The summed E-state index contributed by atoms with van der Waals surface area (Å²) < 4.78 is 15.5. The molecule has 0 atom stereocenters. The highest BCUT2D eigenvalue weighted by Crippen LogP contribution is 2.29. The Morgan fingerprint density at radius 3 is 2.74 bits per heavy atom. The lowest BCUT2D eigenvalue weighted by Gasteiger charge is -2.03. The van der Waals surface area contributed by atoms with Crippen molar-refractivity contribution in [3.63, 3.8) is 0 Å². The van der Waals surface area contributed by atoms with Gasteiger partial charge in [-0.1, -0.05) is 42.2 Å². The fourth-order valence-electron chi connectivity index (χ4n) is 2.80. The number of benzene rings is 1. The number of nitrogens with one attached hydrogen (secondary N) is 1. The van der Waals surface area contributed by atoms with Crippen LogP contribution in [0.3, 0.4) is 0 Å². The van der Waals surface area contributed by atoms with E-state index in [2.05, 4.69) is 20.3 Å². The van der Waals surface area contributed by atoms with Crippen LogP contribution in [0.5, 0.6) is 0 Å². The largest absolute Gasteiger partial charge is 0.374 e. The van der Waals surface area contributed by atoms with Crippen LogP contribution in [-0.4, -0.2) is 24.8 Å². The van der Waals surface area contributed by atoms with Gasteiger partial charge in [0.1, 0.15) is 5.82 Å². The maximum atomic E-state index is 13.3. The van der Waals surface area contributed by atoms with Crippen molar-refractivity contribution in [2.45, 2.75) is 23.4 Å². The molecule has 1 aromatic carbocycles. The molecule has 3 heterocycles. The number of nitrogens with zero attached hydrogens (tertiary/aromatic N) is 4. The number of nitrogens with two attached hydrogens (primary N) is 1. The SMILES string of the molecule is CCc1[nH]n2c(=O)cc(CSc3nnc(N)s3)nc2c1-c1ccc(F)cc1. The zero-order valence-corrected chi connectivity index (χ0v) is 15.9. The molecule has 0 spiro atoms. The Kier molecular flexibility index (Phi) is 4.66. The molecule has 0 aliphatic heterocycles. The second-order valence-corrected chi connectivity index (χ2v) is 8.00. The first-order valence-electron chi connectivity index (χ1n) is 8.16. The van der Waals surface area contributed by atoms with Gasteiger partial charge < -0.3 is 5.73 Å². The molecule has 0 amide bonds. The van der Waals surface area contributed by atoms with Crippen molar-refractivity contribution >= 4 is 33.9 Å². The minimum Gasteiger partial charge on any atom is -0.374 e. The predicted octanol–water partition coefficient (Wildman–Crippen LogP) is 3.12. The molecule has 0 saturated heterocycles. The van der Waals surface area contributed by atoms with E-state index in [4.69, 9.17) is 5.73 Å². The summed E-state index contributed by atoms with van der Waals surface area (Å²) in [6, 6.07) is 7.67. The number of aryl methyl sites for hydroxylation is 1. The Morgan fingerprint density at radius 2 is 2.07 bits per heavy atom. The van der Waals surface area contributed by atoms with Crippen molar-refractivity contribution in [1.82, 2.24) is 24.8 Å². The molecule has 0 aliphatic rings. The summed E-state index contributed by atoms with van der Waals surface area (Å²) in [5, 5.41) is 11.2. The number of fused-ring (bicyclic) bond motifs is 1. The monoisotopic (exact) mass is 402 g/mol. The van der Waals surface area contributed by atoms with Crippen LogP contribution in [0.2, 0.25) is 0 Å². The van der Waals surface area contributed by atoms with Crippen molar-refractivity contribution in [3.05, 3.63) is 57.9 Å². The van der Waals surface area contributed by atoms with Crippen LogP contribution in [0.25, 0.3) is 16.8 Å². The highest BCUT2D eigenvalue weighted by Gasteiger charge is 2.16. The Morgan fingerprint density at radius 1 is 1.30 bits per heavy atom. The second-order valence-electron chi connectivity index (χ2n) is 5.77. The number of aromatic nitrogens is 5. The Labute approximate surface area is 161 Å². The summed E-state index contributed by atoms with van der Waals surface area (Å²) in [5.41, 5.74) is 9.03. The van der Waals surface area contributed by atoms with Gasteiger partial charge in [-0.05, 0) is 24.1 Å². The number of rotatable bonds is 5. The molecule has 0 radical (unpaired) electrons. The van der Waals surface area contributed by atoms with Crippen molar-refractivity contribution in [1.29, 1.82) is 0 Å². The van der Waals surface area contributed by atoms with E-state index in [9.17, 15) is 9.18 Å². The molecule has 0 fully saturated rings. The van der Waals surface area contributed by atoms with E-state index in [0.717, 1.165) is 21.2 Å². The Balaban J connectivity index is 1.78. The normalized spacial score (nSPS) is 11.3. The fraction of sp³-hybridized carbons (Fsp3) is 0.176. The van der Waals surface area contributed by atoms with Crippen molar-refractivity contribution in [3.8, 4) is 11.1 Å². The molecule has 0 saturated carbocycles. The average Bonchev–Trinajstić information content (AvgIpc) is 3.24. The summed E-state index contributed by atoms with van der Waals surface area (Å²) in [4.78, 5) is 17.2. The second kappa shape index (κ2) is 7.12. The molecule has 138 valence electrons. The topological polar surface area (TPSA) is 102 Å². The van der Waals surface area contributed by atoms with Crippen LogP contribution in [0.1, 0.15) is 18.3 Å². The van der Waals surface area contributed by atoms with E-state index in [1.807, 2.05) is 6.92 Å². The first-order chi connectivity index (χ1) is 13.0. The van der Waals surface area contributed by atoms with E-state index in [1.54, 1.807) is 12.1 Å². The summed E-state index contributed by atoms with van der Waals surface area (Å²) in [6.07, 6.45) is 0.684. The smallest absolute Gasteiger partial charge is 0.272 e. The standard InChI is InChI=1S/C17H15FN6OS2/c1-2-12-14(9-3-5-10(18)6-4-9)15-20-11(7-13(25)24(15)23-12)8-26-17-22-21-16(19)27-17/h3-7,23H,2,8H2,1H3,(H2,19,21). The number of H-pyrrole nitrogens is 1. The zero-order valence-electron chi connectivity index (χ0n) is 14.3. The molecular weight excluding hydrogens is 387 g/mol. The Hall–Kier alpha value is -2.72. The number of hydrogen-bond acceptors (Lipinski definition) is 7. The number of nitrogen functional groups attached to an aromatic ring is 1. The van der Waals surface area contributed by atoms with Crippen LogP contribution in [-0.2, 0) is 12.2 Å². The number of hydrogen-bond donors (Lipinski definition) is 2. The third-order valence-corrected chi connectivity index (χ3v) is 5.92. The van der Waals surface area contributed by atoms with Crippen molar-refractivity contribution in [2.24, 2.45) is 0 Å². The van der Waals surface area contributed by atoms with Gasteiger partial charge in [0.25, 0.3) is 5.56 Å². The van der Waals surface area contributed by atoms with Gasteiger partial charge in [0.05, 0.1) is 5.69 Å². The molecule has 7 nitrogen and oxygen atoms in total. The summed E-state index contributed by atoms with van der Waals surface area (Å²) in [7, 11) is 0. The van der Waals surface area contributed by atoms with E-state index in [1.165, 1.54) is 45.8 Å². The third kappa shape index (κ3) is 3.45. The van der Waals surface area contributed by atoms with Gasteiger partial charge in [-0.25, -0.2) is 13.9 Å². The predicted molar refractivity (Wildman–Crippen MR) is 104 cm³/mol. The first-order valence-corrected chi connectivity index (χ1v) is 9.96. The van der Waals surface area contributed by atoms with Gasteiger partial charge >= 0.3 is 0 Å². The lowest BCUT2D eigenvalue weighted by atomic mass is 10.0. The van der Waals surface area contributed by atoms with Crippen molar-refractivity contribution < 1.29 is 4.39 Å². The molecular formula is C17H15FN6OS2. The fourth-order valence-corrected chi connectivity index (χ4v) is 4.32. The number of halogens is 1. The highest BCUT2D eigenvalue weighted by molar-refractivity contribution is 8.00. The quantitative estimate of drug-likeness (QED) is 0.497. The summed E-state index contributed by atoms with van der Waals surface area (Å²) >= 11 is 2.71. The van der Waals surface area contributed by atoms with E-state index in [-0.39, 0.29) is 11.4 Å². The molecule has 27 heavy (non-hydrogen) atoms. The van der Waals surface area contributed by atoms with Gasteiger partial charge in [-0.15, -0.1) is 10.2 Å². The molecule has 4 aromatic rings. The van der Waals surface area contributed by atoms with Gasteiger partial charge in [0, 0.05) is 23.1 Å². The number of thioether (sulfide) groups is 1. The lowest BCUT2D eigenvalue weighted by molar-refractivity contribution is 0.628. The minimum atomic E-state index is -0.310. The zero-order chi connectivity index (χ0) is 19.0. The first kappa shape index (κ1) is 17.7. The molecule has 4 rings (SSSR count). The van der Waals surface area contributed by atoms with Gasteiger partial charge in [0.15, 0.2) is 9.99 Å². The van der Waals surface area contributed by atoms with E-state index in [0.29, 0.717) is 28.6 Å². The maximum Gasteiger partial charge on any atom is 0.272 e. The van der Waals surface area contributed by atoms with Crippen LogP contribution >= 0.6 is 23.1 Å². The summed E-state index contributed by atoms with van der Waals surface area (Å²) in [5.74, 6) is 0.158. The number of anilines is 1. The van der Waals surface area contributed by atoms with Crippen LogP contribution in [0, 0.1) is 5.82 Å². The van der Waals surface area contributed by atoms with Crippen LogP contribution < -0.4 is 11.3 Å². The molecule has 10 heteroatoms. The molecule has 0 bridgehead atoms. The van der Waals surface area contributed by atoms with Gasteiger partial charge in [-0.3, -0.25) is 9.89 Å². The Bertz CT molecular complexity index is 1160. The van der Waals surface area contributed by atoms with Gasteiger partial charge in [-0.2, -0.15) is 0 Å². The minimum absolute atomic E-state index is 0.199. The average molecular weight is 402 g/mol. The summed E-state index contributed by atoms with van der Waals surface area (Å²) in [6.45, 7) is 1.99. The van der Waals surface area contributed by atoms with E-state index < -0.39 is 0 Å². The number of aromatic amines is 1. The van der Waals surface area contributed by atoms with E-state index >= 15 is 0 Å². The lowest BCUT2D eigenvalue weighted by Crippen LogP contribution is -2.15. The van der Waals surface area contributed by atoms with Crippen LogP contribution in [0.15, 0.2) is 39.5 Å². The van der Waals surface area contributed by atoms with Gasteiger partial charge in [0.2, 0.25) is 5.13 Å². The molecule has 3 N–H and O–H groups in total. The molecule has 0 unspecified atom stereocenters. The third-order valence-electron chi connectivity index (χ3n) is 4.00. The highest BCUT2D eigenvalue weighted by atomic mass is 32.2. The van der Waals surface area contributed by atoms with Crippen molar-refractivity contribution in [2.75, 3.05) is 5.73 Å². The molecule has 3 aromatic heterocycles. The molecule has 0 aliphatic carbocycles.